The molecule has 2 heterocycles. The second-order valence-corrected chi connectivity index (χ2v) is 6.84. The summed E-state index contributed by atoms with van der Waals surface area (Å²) < 4.78 is 54.2. The van der Waals surface area contributed by atoms with Crippen LogP contribution in [-0.4, -0.2) is 31.4 Å². The van der Waals surface area contributed by atoms with Gasteiger partial charge in [-0.3, -0.25) is 19.0 Å². The Hall–Kier alpha value is -3.41. The van der Waals surface area contributed by atoms with Gasteiger partial charge in [-0.2, -0.15) is 10.2 Å². The summed E-state index contributed by atoms with van der Waals surface area (Å²) in [5.74, 6) is -1.22. The van der Waals surface area contributed by atoms with Crippen molar-refractivity contribution in [3.8, 4) is 0 Å². The van der Waals surface area contributed by atoms with E-state index < -0.39 is 47.6 Å². The first-order valence-electron chi connectivity index (χ1n) is 9.26. The number of aromatic nitrogens is 4. The third kappa shape index (κ3) is 5.07. The van der Waals surface area contributed by atoms with E-state index in [0.717, 1.165) is 0 Å². The van der Waals surface area contributed by atoms with Crippen molar-refractivity contribution >= 4 is 34.8 Å². The largest absolute Gasteiger partial charge is 0.324 e. The van der Waals surface area contributed by atoms with Crippen molar-refractivity contribution in [2.24, 2.45) is 0 Å². The normalized spacial score (nSPS) is 11.2. The van der Waals surface area contributed by atoms with E-state index in [2.05, 4.69) is 20.8 Å². The highest BCUT2D eigenvalue weighted by Crippen LogP contribution is 2.34. The molecule has 0 spiro atoms. The van der Waals surface area contributed by atoms with Crippen molar-refractivity contribution < 1.29 is 27.2 Å². The Morgan fingerprint density at radius 1 is 1.06 bits per heavy atom. The zero-order chi connectivity index (χ0) is 23.4. The number of carbonyl (C=O) groups is 2. The lowest BCUT2D eigenvalue weighted by Crippen LogP contribution is -2.21. The Morgan fingerprint density at radius 3 is 2.38 bits per heavy atom. The monoisotopic (exact) mass is 472 g/mol. The molecule has 0 radical (unpaired) electrons. The number of halogens is 5. The fraction of sp³-hybridized carbons (Fsp3) is 0.263. The summed E-state index contributed by atoms with van der Waals surface area (Å²) >= 11 is 5.57. The minimum Gasteiger partial charge on any atom is -0.324 e. The summed E-state index contributed by atoms with van der Waals surface area (Å²) in [5, 5.41) is 11.6. The molecule has 0 bridgehead atoms. The number of rotatable bonds is 8. The zero-order valence-corrected chi connectivity index (χ0v) is 17.3. The quantitative estimate of drug-likeness (QED) is 0.471. The van der Waals surface area contributed by atoms with Crippen molar-refractivity contribution in [3.63, 3.8) is 0 Å². The molecule has 0 aliphatic rings. The zero-order valence-electron chi connectivity index (χ0n) is 16.5. The van der Waals surface area contributed by atoms with Crippen LogP contribution in [0.1, 0.15) is 41.7 Å². The topological polar surface area (TPSA) is 93.8 Å². The van der Waals surface area contributed by atoms with Crippen molar-refractivity contribution in [2.75, 3.05) is 10.6 Å². The SMILES string of the molecule is CCn1nccc1C(=O)Nc1cccc(NC(=O)Cn2nc(C(F)F)c(Cl)c2C(F)F)c1. The lowest BCUT2D eigenvalue weighted by atomic mass is 10.2. The molecule has 2 N–H and O–H groups in total. The molecule has 0 aliphatic heterocycles. The van der Waals surface area contributed by atoms with E-state index in [4.69, 9.17) is 11.6 Å². The van der Waals surface area contributed by atoms with Gasteiger partial charge >= 0.3 is 0 Å². The van der Waals surface area contributed by atoms with Crippen LogP contribution in [0.2, 0.25) is 5.02 Å². The molecular formula is C19H17ClF4N6O2. The Bertz CT molecular complexity index is 1130. The Morgan fingerprint density at radius 2 is 1.75 bits per heavy atom. The highest BCUT2D eigenvalue weighted by atomic mass is 35.5. The number of nitrogens with one attached hydrogen (secondary N) is 2. The average molecular weight is 473 g/mol. The van der Waals surface area contributed by atoms with Gasteiger partial charge in [-0.25, -0.2) is 17.6 Å². The molecule has 8 nitrogen and oxygen atoms in total. The lowest BCUT2D eigenvalue weighted by Gasteiger charge is -2.11. The maximum Gasteiger partial charge on any atom is 0.283 e. The van der Waals surface area contributed by atoms with Crippen LogP contribution in [0.5, 0.6) is 0 Å². The fourth-order valence-corrected chi connectivity index (χ4v) is 3.22. The van der Waals surface area contributed by atoms with E-state index in [-0.39, 0.29) is 5.69 Å². The Balaban J connectivity index is 1.72. The van der Waals surface area contributed by atoms with Gasteiger partial charge in [0, 0.05) is 24.1 Å². The number of hydrogen-bond acceptors (Lipinski definition) is 4. The second-order valence-electron chi connectivity index (χ2n) is 6.46. The summed E-state index contributed by atoms with van der Waals surface area (Å²) in [6.45, 7) is 1.56. The van der Waals surface area contributed by atoms with Crippen LogP contribution in [0, 0.1) is 0 Å². The van der Waals surface area contributed by atoms with Crippen LogP contribution in [0.25, 0.3) is 0 Å². The van der Waals surface area contributed by atoms with Crippen LogP contribution in [0.15, 0.2) is 36.5 Å². The average Bonchev–Trinajstić information content (AvgIpc) is 3.32. The van der Waals surface area contributed by atoms with Gasteiger partial charge in [0.2, 0.25) is 5.91 Å². The molecule has 0 saturated heterocycles. The molecule has 0 unspecified atom stereocenters. The lowest BCUT2D eigenvalue weighted by molar-refractivity contribution is -0.117. The van der Waals surface area contributed by atoms with E-state index in [0.29, 0.717) is 22.6 Å². The predicted octanol–water partition coefficient (Wildman–Crippen LogP) is 4.52. The van der Waals surface area contributed by atoms with E-state index in [1.54, 1.807) is 18.2 Å². The summed E-state index contributed by atoms with van der Waals surface area (Å²) in [6.07, 6.45) is -4.89. The number of benzene rings is 1. The van der Waals surface area contributed by atoms with Gasteiger partial charge < -0.3 is 10.6 Å². The van der Waals surface area contributed by atoms with Crippen molar-refractivity contribution in [2.45, 2.75) is 32.9 Å². The Labute approximate surface area is 184 Å². The van der Waals surface area contributed by atoms with Gasteiger partial charge in [0.05, 0.1) is 5.02 Å². The van der Waals surface area contributed by atoms with Crippen LogP contribution in [0.4, 0.5) is 28.9 Å². The van der Waals surface area contributed by atoms with E-state index in [1.165, 1.54) is 23.0 Å². The molecular weight excluding hydrogens is 456 g/mol. The smallest absolute Gasteiger partial charge is 0.283 e. The maximum absolute atomic E-state index is 13.2. The molecule has 32 heavy (non-hydrogen) atoms. The van der Waals surface area contributed by atoms with Crippen LogP contribution >= 0.6 is 11.6 Å². The third-order valence-electron chi connectivity index (χ3n) is 4.32. The Kier molecular flexibility index (Phi) is 7.13. The van der Waals surface area contributed by atoms with Crippen molar-refractivity contribution in [3.05, 3.63) is 58.6 Å². The minimum absolute atomic E-state index is 0.239. The van der Waals surface area contributed by atoms with E-state index in [1.807, 2.05) is 6.92 Å². The first-order chi connectivity index (χ1) is 15.2. The summed E-state index contributed by atoms with van der Waals surface area (Å²) in [4.78, 5) is 24.7. The molecule has 0 aliphatic carbocycles. The number of hydrogen-bond donors (Lipinski definition) is 2. The van der Waals surface area contributed by atoms with Crippen molar-refractivity contribution in [1.82, 2.24) is 19.6 Å². The minimum atomic E-state index is -3.20. The van der Waals surface area contributed by atoms with Crippen LogP contribution in [0.3, 0.4) is 0 Å². The van der Waals surface area contributed by atoms with Gasteiger partial charge in [0.25, 0.3) is 18.8 Å². The number of amides is 2. The highest BCUT2D eigenvalue weighted by Gasteiger charge is 2.28. The van der Waals surface area contributed by atoms with E-state index in [9.17, 15) is 27.2 Å². The van der Waals surface area contributed by atoms with Crippen molar-refractivity contribution in [1.29, 1.82) is 0 Å². The molecule has 2 amide bonds. The standard InChI is InChI=1S/C19H17ClF4N6O2/c1-2-29-12(6-7-25-29)19(32)27-11-5-3-4-10(8-11)26-13(31)9-30-16(18(23)24)14(20)15(28-30)17(21)22/h3-8,17-18H,2,9H2,1H3,(H,26,31)(H,27,32). The van der Waals surface area contributed by atoms with Gasteiger partial charge in [-0.15, -0.1) is 0 Å². The number of anilines is 2. The van der Waals surface area contributed by atoms with Gasteiger partial charge in [-0.1, -0.05) is 17.7 Å². The number of nitrogens with zero attached hydrogens (tertiary/aromatic N) is 4. The molecule has 3 aromatic rings. The molecule has 0 saturated carbocycles. The number of aryl methyl sites for hydroxylation is 1. The van der Waals surface area contributed by atoms with Gasteiger partial charge in [-0.05, 0) is 31.2 Å². The summed E-state index contributed by atoms with van der Waals surface area (Å²) in [7, 11) is 0. The first kappa shape index (κ1) is 23.3. The third-order valence-corrected chi connectivity index (χ3v) is 4.70. The molecule has 3 rings (SSSR count). The maximum atomic E-state index is 13.2. The van der Waals surface area contributed by atoms with Crippen LogP contribution < -0.4 is 10.6 Å². The molecule has 2 aromatic heterocycles. The number of alkyl halides is 4. The molecule has 1 aromatic carbocycles. The molecule has 13 heteroatoms. The molecule has 170 valence electrons. The fourth-order valence-electron chi connectivity index (χ4n) is 2.92. The molecule has 0 fully saturated rings. The highest BCUT2D eigenvalue weighted by molar-refractivity contribution is 6.32. The first-order valence-corrected chi connectivity index (χ1v) is 9.64. The number of carbonyl (C=O) groups excluding carboxylic acids is 2. The second kappa shape index (κ2) is 9.81. The summed E-state index contributed by atoms with van der Waals surface area (Å²) in [5.41, 5.74) is -1.06. The van der Waals surface area contributed by atoms with Gasteiger partial charge in [0.1, 0.15) is 23.6 Å². The predicted molar refractivity (Wildman–Crippen MR) is 108 cm³/mol. The van der Waals surface area contributed by atoms with E-state index >= 15 is 0 Å². The molecule has 0 atom stereocenters. The van der Waals surface area contributed by atoms with Gasteiger partial charge in [0.15, 0.2) is 0 Å². The van der Waals surface area contributed by atoms with Crippen LogP contribution in [-0.2, 0) is 17.9 Å². The summed E-state index contributed by atoms with van der Waals surface area (Å²) in [6, 6.07) is 7.62.